The van der Waals surface area contributed by atoms with Crippen LogP contribution in [0.2, 0.25) is 0 Å². The van der Waals surface area contributed by atoms with E-state index < -0.39 is 54.0 Å². The van der Waals surface area contributed by atoms with Crippen molar-refractivity contribution in [1.29, 1.82) is 0 Å². The lowest BCUT2D eigenvalue weighted by atomic mass is 9.68. The summed E-state index contributed by atoms with van der Waals surface area (Å²) in [4.78, 5) is 84.9. The zero-order valence-electron chi connectivity index (χ0n) is 59.1. The maximum Gasteiger partial charge on any atom is 0.408 e. The Labute approximate surface area is 580 Å². The molecule has 5 rings (SSSR count). The van der Waals surface area contributed by atoms with Gasteiger partial charge in [0.15, 0.2) is 0 Å². The minimum Gasteiger partial charge on any atom is -0.480 e. The molecule has 3 N–H and O–H groups in total. The number of alkyl carbamates (subject to hydrolysis) is 1. The fourth-order valence-corrected chi connectivity index (χ4v) is 10.4. The molecular formula is C72H117Cl4N6O11+. The Morgan fingerprint density at radius 3 is 1.58 bits per heavy atom. The van der Waals surface area contributed by atoms with E-state index in [1.807, 2.05) is 110 Å². The monoisotopic (exact) mass is 1380 g/mol. The molecule has 2 aliphatic rings. The van der Waals surface area contributed by atoms with Gasteiger partial charge in [-0.05, 0) is 146 Å². The summed E-state index contributed by atoms with van der Waals surface area (Å²) in [5, 5.41) is 20.7. The molecule has 1 aromatic heterocycles. The zero-order valence-corrected chi connectivity index (χ0v) is 62.2. The van der Waals surface area contributed by atoms with Crippen LogP contribution in [0, 0.1) is 47.3 Å². The number of pyridine rings is 1. The van der Waals surface area contributed by atoms with Crippen LogP contribution in [-0.2, 0) is 38.2 Å². The number of carbonyl (C=O) groups is 6. The Balaban J connectivity index is -0.00000116. The molecule has 2 fully saturated rings. The number of halogens is 4. The first kappa shape index (κ1) is 91.8. The van der Waals surface area contributed by atoms with Crippen LogP contribution in [0.15, 0.2) is 95.2 Å². The molecule has 0 bridgehead atoms. The number of ether oxygens (including phenoxy) is 3. The average Bonchev–Trinajstić information content (AvgIpc) is 0.944. The van der Waals surface area contributed by atoms with Gasteiger partial charge in [0.05, 0.1) is 36.8 Å². The van der Waals surface area contributed by atoms with Gasteiger partial charge in [-0.2, -0.15) is 0 Å². The van der Waals surface area contributed by atoms with E-state index in [-0.39, 0.29) is 48.2 Å². The highest BCUT2D eigenvalue weighted by atomic mass is 35.5. The molecule has 0 saturated heterocycles. The van der Waals surface area contributed by atoms with Crippen LogP contribution in [-0.4, -0.2) is 138 Å². The Kier molecular flexibility index (Phi) is 52.1. The number of Topliss-reactive ketones (excluding diaryl/α,β-unsaturated/α-hetero) is 2. The number of esters is 2. The predicted molar refractivity (Wildman–Crippen MR) is 384 cm³/mol. The fourth-order valence-electron chi connectivity index (χ4n) is 10.4. The number of alkyl halides is 3. The minimum absolute atomic E-state index is 0. The van der Waals surface area contributed by atoms with Crippen LogP contribution in [0.4, 0.5) is 10.5 Å². The van der Waals surface area contributed by atoms with Crippen LogP contribution in [0.1, 0.15) is 197 Å². The molecule has 93 heavy (non-hydrogen) atoms. The lowest BCUT2D eigenvalue weighted by Gasteiger charge is -2.36. The third-order valence-electron chi connectivity index (χ3n) is 14.8. The first-order valence-corrected chi connectivity index (χ1v) is 34.2. The van der Waals surface area contributed by atoms with Gasteiger partial charge < -0.3 is 34.6 Å². The summed E-state index contributed by atoms with van der Waals surface area (Å²) >= 11 is 14.2. The lowest BCUT2D eigenvalue weighted by molar-refractivity contribution is -0.488. The first-order valence-electron chi connectivity index (χ1n) is 32.3. The molecule has 2 aliphatic carbocycles. The number of anilines is 1. The molecule has 1 heterocycles. The summed E-state index contributed by atoms with van der Waals surface area (Å²) in [6.45, 7) is 31.7. The summed E-state index contributed by atoms with van der Waals surface area (Å²) in [6.07, 6.45) is 12.8. The van der Waals surface area contributed by atoms with Crippen molar-refractivity contribution in [1.82, 2.24) is 10.3 Å². The minimum atomic E-state index is -1.10. The van der Waals surface area contributed by atoms with Gasteiger partial charge in [-0.15, -0.1) is 47.2 Å². The van der Waals surface area contributed by atoms with Crippen LogP contribution in [0.5, 0.6) is 0 Å². The largest absolute Gasteiger partial charge is 0.480 e. The Hall–Kier alpha value is -5.42. The van der Waals surface area contributed by atoms with Gasteiger partial charge in [0, 0.05) is 76.2 Å². The number of aliphatic carboxylic acids is 1. The number of carboxylic acids is 1. The van der Waals surface area contributed by atoms with Gasteiger partial charge in [-0.3, -0.25) is 29.0 Å². The van der Waals surface area contributed by atoms with E-state index in [9.17, 15) is 33.9 Å². The third-order valence-corrected chi connectivity index (χ3v) is 14.8. The Morgan fingerprint density at radius 2 is 1.17 bits per heavy atom. The number of aliphatic hydroxyl groups is 1. The number of rotatable bonds is 24. The molecule has 2 saturated carbocycles. The number of aliphatic hydroxyl groups excluding tert-OH is 1. The molecule has 21 heteroatoms. The van der Waals surface area contributed by atoms with Gasteiger partial charge >= 0.3 is 24.0 Å². The van der Waals surface area contributed by atoms with Crippen molar-refractivity contribution in [3.8, 4) is 0 Å². The molecule has 2 aromatic carbocycles. The van der Waals surface area contributed by atoms with E-state index >= 15 is 0 Å². The van der Waals surface area contributed by atoms with E-state index in [2.05, 4.69) is 86.2 Å². The number of hydrogen-bond donors (Lipinski definition) is 3. The van der Waals surface area contributed by atoms with Crippen molar-refractivity contribution in [3.05, 3.63) is 96.3 Å². The van der Waals surface area contributed by atoms with Crippen molar-refractivity contribution in [3.63, 3.8) is 0 Å². The summed E-state index contributed by atoms with van der Waals surface area (Å²) in [5.74, 6) is 2.21. The molecule has 3 aromatic rings. The molecule has 0 spiro atoms. The van der Waals surface area contributed by atoms with Gasteiger partial charge in [-0.25, -0.2) is 19.4 Å². The molecule has 0 unspecified atom stereocenters. The number of carboxylic acid groups (broad SMARTS) is 1. The van der Waals surface area contributed by atoms with E-state index in [4.69, 9.17) is 42.5 Å². The number of nitrogens with one attached hydrogen (secondary N) is 1. The lowest BCUT2D eigenvalue weighted by Crippen LogP contribution is -2.35. The molecule has 17 nitrogen and oxygen atoms in total. The van der Waals surface area contributed by atoms with Crippen molar-refractivity contribution < 1.29 is 57.8 Å². The van der Waals surface area contributed by atoms with E-state index in [1.54, 1.807) is 53.9 Å². The van der Waals surface area contributed by atoms with Gasteiger partial charge in [0.2, 0.25) is 0 Å². The van der Waals surface area contributed by atoms with Crippen molar-refractivity contribution in [2.75, 3.05) is 63.9 Å². The molecular weight excluding hydrogens is 1270 g/mol. The number of benzene rings is 2. The smallest absolute Gasteiger partial charge is 0.408 e. The standard InChI is InChI=1S/C28H42O5.C20H30O2.C8H16N3.C7H10N2.C7H13NO4.CH2Cl2.CH3Cl.ClH/c1-19(2)22-13-12-20(3)18-23(22)24(29)14-15-25(21-10-8-7-9-11-21)32-26(30)16-17-27(31)33-28(4,5)6;1-14(2)17-10-9-15(3)13-18(17)20(22)12-11-19(21)16-7-5-4-6-8-16;1-4-9-8-10-6-5-7-11(2)3;1-9(2)7-3-5-8-6-4-7;1-7(2,3)12-6(11)8-4-5(9)10;2-1-3;1-2;/h7-11,19-20,22-23,25H,12-18H2,1-6H3;4-8,14-15,17-19,21H,9-13H2,1-3H3;2,4-7H2,1,3H3;3-6H,1-2H3;4H2,1-3H3,(H,8,11)(H,9,10);1H2;1H3;1H/q;;+1;;;;;/t20-,22+,23-,25-;15-,17+,18-,19-;;;;;;/m11....../s1. The Bertz CT molecular complexity index is 2560. The SMILES string of the molecule is C=[N+](C)CCCN=C=NCC.CC(C)(C)OC(=O)NCC(=O)O.CC(C)[C@@H]1CC[C@@H](C)C[C@H]1C(=O)CC[C@@H](O)c1ccccc1.CC(C)[C@@H]1CC[C@@H](C)C[C@H]1C(=O)CC[C@@H](OC(=O)CCC(=O)OC(C)(C)C)c1ccccc1.CCl.CN(C)c1ccncc1.Cl.ClCCl. The maximum absolute atomic E-state index is 13.2. The summed E-state index contributed by atoms with van der Waals surface area (Å²) < 4.78 is 17.7. The quantitative estimate of drug-likeness (QED) is 0.0190. The number of nitrogens with zero attached hydrogens (tertiary/aromatic N) is 5. The van der Waals surface area contributed by atoms with Crippen molar-refractivity contribution >= 4 is 101 Å². The summed E-state index contributed by atoms with van der Waals surface area (Å²) in [5.41, 5.74) is 1.78. The van der Waals surface area contributed by atoms with Crippen LogP contribution in [0.3, 0.4) is 0 Å². The highest BCUT2D eigenvalue weighted by Crippen LogP contribution is 2.41. The molecule has 528 valence electrons. The first-order chi connectivity index (χ1) is 43.2. The maximum atomic E-state index is 13.2. The van der Waals surface area contributed by atoms with Crippen LogP contribution >= 0.6 is 47.2 Å². The van der Waals surface area contributed by atoms with Crippen LogP contribution < -0.4 is 10.2 Å². The normalized spacial score (nSPS) is 17.7. The zero-order chi connectivity index (χ0) is 70.4. The number of hydrogen-bond acceptors (Lipinski definition) is 14. The van der Waals surface area contributed by atoms with E-state index in [0.717, 1.165) is 56.4 Å². The second-order valence-corrected chi connectivity index (χ2v) is 26.9. The molecule has 8 atom stereocenters. The highest BCUT2D eigenvalue weighted by molar-refractivity contribution is 6.40. The third kappa shape index (κ3) is 47.2. The number of carbonyl (C=O) groups excluding carboxylic acids is 5. The van der Waals surface area contributed by atoms with Crippen molar-refractivity contribution in [2.24, 2.45) is 57.3 Å². The number of aromatic nitrogens is 1. The topological polar surface area (TPSA) is 226 Å². The highest BCUT2D eigenvalue weighted by Gasteiger charge is 2.37. The number of aliphatic imine (C=N–C) groups is 2. The van der Waals surface area contributed by atoms with Gasteiger partial charge in [0.1, 0.15) is 55.7 Å². The fraction of sp³-hybridized carbons (Fsp3) is 0.653. The van der Waals surface area contributed by atoms with E-state index in [1.165, 1.54) is 31.3 Å². The number of ketones is 2. The second-order valence-electron chi connectivity index (χ2n) is 26.1. The second kappa shape index (κ2) is 52.8. The molecule has 1 amide bonds. The van der Waals surface area contributed by atoms with Gasteiger partial charge in [0.25, 0.3) is 0 Å². The summed E-state index contributed by atoms with van der Waals surface area (Å²) in [6, 6.07) is 25.7. The molecule has 0 radical (unpaired) electrons. The van der Waals surface area contributed by atoms with Gasteiger partial charge in [-0.1, -0.05) is 115 Å². The van der Waals surface area contributed by atoms with Crippen molar-refractivity contribution in [2.45, 2.75) is 197 Å². The van der Waals surface area contributed by atoms with E-state index in [0.29, 0.717) is 67.0 Å². The predicted octanol–water partition coefficient (Wildman–Crippen LogP) is 16.6. The molecule has 0 aliphatic heterocycles. The van der Waals surface area contributed by atoms with Crippen LogP contribution in [0.25, 0.3) is 0 Å². The Morgan fingerprint density at radius 1 is 0.720 bits per heavy atom. The summed E-state index contributed by atoms with van der Waals surface area (Å²) in [7, 11) is 5.97. The number of amides is 1. The average molecular weight is 1380 g/mol.